The fourth-order valence-electron chi connectivity index (χ4n) is 4.20. The highest BCUT2D eigenvalue weighted by molar-refractivity contribution is 7.92. The normalized spacial score (nSPS) is 14.1. The van der Waals surface area contributed by atoms with Crippen LogP contribution in [0.1, 0.15) is 39.9 Å². The molecule has 8 heteroatoms. The van der Waals surface area contributed by atoms with Gasteiger partial charge in [0.05, 0.1) is 18.5 Å². The molecule has 4 rings (SSSR count). The van der Waals surface area contributed by atoms with Crippen molar-refractivity contribution in [1.82, 2.24) is 10.2 Å². The highest BCUT2D eigenvalue weighted by atomic mass is 35.5. The topological polar surface area (TPSA) is 69.7 Å². The van der Waals surface area contributed by atoms with E-state index in [9.17, 15) is 13.2 Å². The van der Waals surface area contributed by atoms with Crippen molar-refractivity contribution in [1.29, 1.82) is 0 Å². The van der Waals surface area contributed by atoms with Crippen molar-refractivity contribution in [2.75, 3.05) is 23.7 Å². The maximum absolute atomic E-state index is 12.6. The molecule has 1 aliphatic rings. The fraction of sp³-hybridized carbons (Fsp3) is 0.296. The first-order valence-corrected chi connectivity index (χ1v) is 13.9. The zero-order valence-corrected chi connectivity index (χ0v) is 21.4. The van der Waals surface area contributed by atoms with Gasteiger partial charge in [-0.05, 0) is 73.0 Å². The molecule has 0 aliphatic carbocycles. The zero-order chi connectivity index (χ0) is 24.8. The van der Waals surface area contributed by atoms with Crippen LogP contribution in [0, 0.1) is 0 Å². The quantitative estimate of drug-likeness (QED) is 0.446. The maximum Gasteiger partial charge on any atom is 0.251 e. The molecule has 1 heterocycles. The number of hydrogen-bond acceptors (Lipinski definition) is 4. The van der Waals surface area contributed by atoms with Gasteiger partial charge in [0, 0.05) is 23.7 Å². The summed E-state index contributed by atoms with van der Waals surface area (Å²) in [6.07, 6.45) is 3.72. The van der Waals surface area contributed by atoms with E-state index < -0.39 is 10.0 Å². The van der Waals surface area contributed by atoms with Crippen LogP contribution in [0.15, 0.2) is 72.8 Å². The predicted molar refractivity (Wildman–Crippen MR) is 141 cm³/mol. The third-order valence-electron chi connectivity index (χ3n) is 6.12. The predicted octanol–water partition coefficient (Wildman–Crippen LogP) is 4.83. The van der Waals surface area contributed by atoms with Gasteiger partial charge in [-0.1, -0.05) is 54.1 Å². The molecule has 1 saturated heterocycles. The minimum atomic E-state index is -3.52. The van der Waals surface area contributed by atoms with Crippen LogP contribution in [0.25, 0.3) is 0 Å². The van der Waals surface area contributed by atoms with Crippen molar-refractivity contribution < 1.29 is 13.2 Å². The summed E-state index contributed by atoms with van der Waals surface area (Å²) in [6, 6.07) is 22.1. The third kappa shape index (κ3) is 7.07. The first-order chi connectivity index (χ1) is 16.8. The van der Waals surface area contributed by atoms with Crippen molar-refractivity contribution in [3.63, 3.8) is 0 Å². The summed E-state index contributed by atoms with van der Waals surface area (Å²) in [5, 5.41) is 3.42. The van der Waals surface area contributed by atoms with Crippen molar-refractivity contribution >= 4 is 33.2 Å². The molecule has 1 amide bonds. The van der Waals surface area contributed by atoms with Gasteiger partial charge in [-0.2, -0.15) is 0 Å². The number of anilines is 1. The molecule has 0 aromatic heterocycles. The third-order valence-corrected chi connectivity index (χ3v) is 7.50. The highest BCUT2D eigenvalue weighted by Gasteiger charge is 2.18. The zero-order valence-electron chi connectivity index (χ0n) is 19.8. The number of carbonyl (C=O) groups excluding carboxylic acids is 1. The van der Waals surface area contributed by atoms with Crippen LogP contribution in [0.3, 0.4) is 0 Å². The van der Waals surface area contributed by atoms with E-state index in [-0.39, 0.29) is 12.5 Å². The molecule has 6 nitrogen and oxygen atoms in total. The van der Waals surface area contributed by atoms with Crippen molar-refractivity contribution in [2.45, 2.75) is 32.5 Å². The fourth-order valence-corrected chi connectivity index (χ4v) is 5.27. The van der Waals surface area contributed by atoms with E-state index in [1.165, 1.54) is 35.8 Å². The molecule has 184 valence electrons. The van der Waals surface area contributed by atoms with E-state index in [4.69, 9.17) is 11.6 Å². The molecule has 0 saturated carbocycles. The number of nitrogens with one attached hydrogen (secondary N) is 1. The monoisotopic (exact) mass is 511 g/mol. The molecule has 0 radical (unpaired) electrons. The van der Waals surface area contributed by atoms with Gasteiger partial charge in [0.25, 0.3) is 5.91 Å². The van der Waals surface area contributed by atoms with Crippen LogP contribution in [0.5, 0.6) is 0 Å². The van der Waals surface area contributed by atoms with E-state index in [0.717, 1.165) is 23.9 Å². The molecule has 1 fully saturated rings. The molecule has 1 aliphatic heterocycles. The van der Waals surface area contributed by atoms with E-state index in [0.29, 0.717) is 22.8 Å². The lowest BCUT2D eigenvalue weighted by atomic mass is 10.1. The Morgan fingerprint density at radius 2 is 1.57 bits per heavy atom. The number of amides is 1. The summed E-state index contributed by atoms with van der Waals surface area (Å²) in [6.45, 7) is 3.91. The molecular weight excluding hydrogens is 482 g/mol. The smallest absolute Gasteiger partial charge is 0.251 e. The summed E-state index contributed by atoms with van der Waals surface area (Å²) in [5.41, 5.74) is 4.12. The van der Waals surface area contributed by atoms with Gasteiger partial charge in [-0.15, -0.1) is 0 Å². The Morgan fingerprint density at radius 3 is 2.20 bits per heavy atom. The number of benzene rings is 3. The van der Waals surface area contributed by atoms with Gasteiger partial charge in [0.15, 0.2) is 0 Å². The highest BCUT2D eigenvalue weighted by Crippen LogP contribution is 2.24. The van der Waals surface area contributed by atoms with Crippen molar-refractivity contribution in [2.24, 2.45) is 0 Å². The molecule has 0 unspecified atom stereocenters. The lowest BCUT2D eigenvalue weighted by Crippen LogP contribution is -2.29. The largest absolute Gasteiger partial charge is 0.348 e. The second kappa shape index (κ2) is 11.2. The van der Waals surface area contributed by atoms with Gasteiger partial charge >= 0.3 is 0 Å². The Morgan fingerprint density at radius 1 is 0.943 bits per heavy atom. The number of likely N-dealkylation sites (tertiary alicyclic amines) is 1. The molecule has 1 N–H and O–H groups in total. The molecule has 3 aromatic rings. The molecule has 0 bridgehead atoms. The molecular formula is C27H30ClN3O3S. The van der Waals surface area contributed by atoms with Crippen molar-refractivity contribution in [3.8, 4) is 0 Å². The van der Waals surface area contributed by atoms with E-state index in [1.54, 1.807) is 48.5 Å². The summed E-state index contributed by atoms with van der Waals surface area (Å²) in [7, 11) is -3.52. The van der Waals surface area contributed by atoms with Crippen LogP contribution in [-0.2, 0) is 29.7 Å². The van der Waals surface area contributed by atoms with Gasteiger partial charge in [0.1, 0.15) is 0 Å². The lowest BCUT2D eigenvalue weighted by molar-refractivity contribution is 0.0951. The second-order valence-corrected chi connectivity index (χ2v) is 11.3. The van der Waals surface area contributed by atoms with Crippen LogP contribution in [-0.4, -0.2) is 38.6 Å². The first kappa shape index (κ1) is 25.2. The molecule has 35 heavy (non-hydrogen) atoms. The van der Waals surface area contributed by atoms with Crippen LogP contribution >= 0.6 is 11.6 Å². The molecule has 0 atom stereocenters. The van der Waals surface area contributed by atoms with Crippen molar-refractivity contribution in [3.05, 3.63) is 100 Å². The SMILES string of the molecule is CS(=O)(=O)N(Cc1ccc(C(=O)NCc2ccc(CN3CCCC3)cc2)cc1)c1cccc(Cl)c1. The Hall–Kier alpha value is -2.87. The lowest BCUT2D eigenvalue weighted by Gasteiger charge is -2.22. The Bertz CT molecular complexity index is 1260. The summed E-state index contributed by atoms with van der Waals surface area (Å²) in [4.78, 5) is 15.1. The van der Waals surface area contributed by atoms with Gasteiger partial charge in [-0.25, -0.2) is 8.42 Å². The molecule has 0 spiro atoms. The standard InChI is InChI=1S/C27H30ClN3O3S/c1-35(33,34)31(26-6-4-5-25(28)17-26)20-23-11-13-24(14-12-23)27(32)29-18-21-7-9-22(10-8-21)19-30-15-2-3-16-30/h4-14,17H,2-3,15-16,18-20H2,1H3,(H,29,32). The second-order valence-electron chi connectivity index (χ2n) is 8.93. The minimum Gasteiger partial charge on any atom is -0.348 e. The summed E-state index contributed by atoms with van der Waals surface area (Å²) < 4.78 is 26.0. The average molecular weight is 512 g/mol. The Kier molecular flexibility index (Phi) is 8.11. The Balaban J connectivity index is 1.34. The number of hydrogen-bond donors (Lipinski definition) is 1. The Labute approximate surface area is 212 Å². The maximum atomic E-state index is 12.6. The van der Waals surface area contributed by atoms with Crippen LogP contribution in [0.4, 0.5) is 5.69 Å². The van der Waals surface area contributed by atoms with E-state index >= 15 is 0 Å². The molecule has 3 aromatic carbocycles. The number of carbonyl (C=O) groups is 1. The van der Waals surface area contributed by atoms with E-state index in [2.05, 4.69) is 34.5 Å². The number of sulfonamides is 1. The van der Waals surface area contributed by atoms with Gasteiger partial charge < -0.3 is 5.32 Å². The summed E-state index contributed by atoms with van der Waals surface area (Å²) in [5.74, 6) is -0.174. The number of nitrogens with zero attached hydrogens (tertiary/aromatic N) is 2. The number of rotatable bonds is 9. The summed E-state index contributed by atoms with van der Waals surface area (Å²) >= 11 is 6.05. The van der Waals surface area contributed by atoms with E-state index in [1.807, 2.05) is 0 Å². The van der Waals surface area contributed by atoms with Gasteiger partial charge in [-0.3, -0.25) is 14.0 Å². The van der Waals surface area contributed by atoms with Crippen LogP contribution in [0.2, 0.25) is 5.02 Å². The average Bonchev–Trinajstić information content (AvgIpc) is 3.34. The van der Waals surface area contributed by atoms with Gasteiger partial charge in [0.2, 0.25) is 10.0 Å². The minimum absolute atomic E-state index is 0.144. The first-order valence-electron chi connectivity index (χ1n) is 11.7. The number of halogens is 1. The van der Waals surface area contributed by atoms with Crippen LogP contribution < -0.4 is 9.62 Å².